The van der Waals surface area contributed by atoms with E-state index in [4.69, 9.17) is 28.7 Å². The molecule has 4 aromatic rings. The van der Waals surface area contributed by atoms with Crippen LogP contribution in [0, 0.1) is 0 Å². The van der Waals surface area contributed by atoms with E-state index in [9.17, 15) is 4.79 Å². The fourth-order valence-electron chi connectivity index (χ4n) is 3.93. The van der Waals surface area contributed by atoms with E-state index in [1.165, 1.54) is 21.3 Å². The van der Waals surface area contributed by atoms with Crippen LogP contribution in [0.15, 0.2) is 60.7 Å². The predicted octanol–water partition coefficient (Wildman–Crippen LogP) is 4.08. The Hall–Kier alpha value is -4.40. The second-order valence-electron chi connectivity index (χ2n) is 7.79. The SMILES string of the molecule is COc1cccc(OCCn2c(CNC(=O)c3cc(OC)c(OC)c(OC)c3)nc3ccccc32)c1. The minimum Gasteiger partial charge on any atom is -0.497 e. The van der Waals surface area contributed by atoms with Crippen LogP contribution in [0.25, 0.3) is 11.0 Å². The average Bonchev–Trinajstić information content (AvgIpc) is 3.28. The highest BCUT2D eigenvalue weighted by Gasteiger charge is 2.18. The summed E-state index contributed by atoms with van der Waals surface area (Å²) in [7, 11) is 6.15. The van der Waals surface area contributed by atoms with Gasteiger partial charge in [-0.25, -0.2) is 4.98 Å². The zero-order valence-corrected chi connectivity index (χ0v) is 20.7. The first kappa shape index (κ1) is 24.7. The molecule has 9 nitrogen and oxygen atoms in total. The largest absolute Gasteiger partial charge is 0.497 e. The summed E-state index contributed by atoms with van der Waals surface area (Å²) >= 11 is 0. The summed E-state index contributed by atoms with van der Waals surface area (Å²) in [5.41, 5.74) is 2.19. The van der Waals surface area contributed by atoms with Crippen LogP contribution in [-0.2, 0) is 13.1 Å². The van der Waals surface area contributed by atoms with Gasteiger partial charge < -0.3 is 33.6 Å². The third kappa shape index (κ3) is 5.30. The molecule has 0 bridgehead atoms. The Labute approximate surface area is 209 Å². The number of nitrogens with zero attached hydrogens (tertiary/aromatic N) is 2. The lowest BCUT2D eigenvalue weighted by Gasteiger charge is -2.14. The number of imidazole rings is 1. The van der Waals surface area contributed by atoms with Crippen LogP contribution in [0.5, 0.6) is 28.7 Å². The van der Waals surface area contributed by atoms with E-state index < -0.39 is 0 Å². The molecule has 0 aliphatic heterocycles. The van der Waals surface area contributed by atoms with Crippen molar-refractivity contribution in [1.29, 1.82) is 0 Å². The molecule has 188 valence electrons. The molecule has 0 atom stereocenters. The van der Waals surface area contributed by atoms with Crippen LogP contribution >= 0.6 is 0 Å². The molecule has 0 saturated heterocycles. The molecule has 0 radical (unpaired) electrons. The Morgan fingerprint density at radius 1 is 0.861 bits per heavy atom. The third-order valence-corrected chi connectivity index (χ3v) is 5.69. The minimum absolute atomic E-state index is 0.226. The molecule has 1 N–H and O–H groups in total. The number of hydrogen-bond acceptors (Lipinski definition) is 7. The molecule has 3 aromatic carbocycles. The van der Waals surface area contributed by atoms with Gasteiger partial charge in [0.25, 0.3) is 5.91 Å². The lowest BCUT2D eigenvalue weighted by Crippen LogP contribution is -2.25. The number of para-hydroxylation sites is 2. The van der Waals surface area contributed by atoms with Crippen LogP contribution in [0.1, 0.15) is 16.2 Å². The van der Waals surface area contributed by atoms with E-state index in [0.717, 1.165) is 22.5 Å². The number of methoxy groups -OCH3 is 4. The van der Waals surface area contributed by atoms with Gasteiger partial charge in [0.2, 0.25) is 5.75 Å². The van der Waals surface area contributed by atoms with Crippen LogP contribution in [0.3, 0.4) is 0 Å². The highest BCUT2D eigenvalue weighted by atomic mass is 16.5. The molecular formula is C27H29N3O6. The summed E-state index contributed by atoms with van der Waals surface area (Å²) in [6.45, 7) is 1.19. The Bertz CT molecular complexity index is 1330. The molecule has 0 saturated carbocycles. The average molecular weight is 492 g/mol. The third-order valence-electron chi connectivity index (χ3n) is 5.69. The van der Waals surface area contributed by atoms with Crippen molar-refractivity contribution in [3.63, 3.8) is 0 Å². The lowest BCUT2D eigenvalue weighted by atomic mass is 10.1. The second kappa shape index (κ2) is 11.4. The summed E-state index contributed by atoms with van der Waals surface area (Å²) < 4.78 is 29.3. The second-order valence-corrected chi connectivity index (χ2v) is 7.79. The smallest absolute Gasteiger partial charge is 0.251 e. The monoisotopic (exact) mass is 491 g/mol. The number of ether oxygens (including phenoxy) is 5. The lowest BCUT2D eigenvalue weighted by molar-refractivity contribution is 0.0948. The van der Waals surface area contributed by atoms with E-state index >= 15 is 0 Å². The fraction of sp³-hybridized carbons (Fsp3) is 0.259. The van der Waals surface area contributed by atoms with E-state index in [-0.39, 0.29) is 12.5 Å². The summed E-state index contributed by atoms with van der Waals surface area (Å²) in [5.74, 6) is 3.11. The van der Waals surface area contributed by atoms with Crippen molar-refractivity contribution in [1.82, 2.24) is 14.9 Å². The van der Waals surface area contributed by atoms with Crippen LogP contribution in [0.4, 0.5) is 0 Å². The number of nitrogens with one attached hydrogen (secondary N) is 1. The van der Waals surface area contributed by atoms with Gasteiger partial charge in [-0.05, 0) is 36.4 Å². The van der Waals surface area contributed by atoms with Crippen LogP contribution in [-0.4, -0.2) is 50.5 Å². The normalized spacial score (nSPS) is 10.7. The standard InChI is InChI=1S/C27H29N3O6/c1-32-19-8-7-9-20(16-19)36-13-12-30-22-11-6-5-10-21(22)29-25(30)17-28-27(31)18-14-23(33-2)26(35-4)24(15-18)34-3/h5-11,14-16H,12-13,17H2,1-4H3,(H,28,31). The molecule has 1 amide bonds. The van der Waals surface area contributed by atoms with E-state index in [1.54, 1.807) is 19.2 Å². The molecule has 9 heteroatoms. The minimum atomic E-state index is -0.291. The molecule has 1 aromatic heterocycles. The topological polar surface area (TPSA) is 93.1 Å². The van der Waals surface area contributed by atoms with Gasteiger partial charge in [-0.15, -0.1) is 0 Å². The predicted molar refractivity (Wildman–Crippen MR) is 135 cm³/mol. The number of hydrogen-bond donors (Lipinski definition) is 1. The summed E-state index contributed by atoms with van der Waals surface area (Å²) in [5, 5.41) is 2.95. The summed E-state index contributed by atoms with van der Waals surface area (Å²) in [4.78, 5) is 17.7. The molecule has 0 unspecified atom stereocenters. The zero-order chi connectivity index (χ0) is 25.5. The van der Waals surface area contributed by atoms with E-state index in [0.29, 0.717) is 41.8 Å². The molecular weight excluding hydrogens is 462 g/mol. The van der Waals surface area contributed by atoms with Gasteiger partial charge in [-0.2, -0.15) is 0 Å². The number of aromatic nitrogens is 2. The maximum atomic E-state index is 13.0. The van der Waals surface area contributed by atoms with Crippen molar-refractivity contribution in [2.24, 2.45) is 0 Å². The van der Waals surface area contributed by atoms with E-state index in [1.807, 2.05) is 53.1 Å². The molecule has 4 rings (SSSR count). The van der Waals surface area contributed by atoms with Crippen molar-refractivity contribution >= 4 is 16.9 Å². The molecule has 0 fully saturated rings. The van der Waals surface area contributed by atoms with Crippen molar-refractivity contribution in [2.45, 2.75) is 13.1 Å². The number of amides is 1. The van der Waals surface area contributed by atoms with Gasteiger partial charge in [-0.1, -0.05) is 18.2 Å². The maximum absolute atomic E-state index is 13.0. The van der Waals surface area contributed by atoms with Crippen molar-refractivity contribution in [2.75, 3.05) is 35.0 Å². The first-order valence-electron chi connectivity index (χ1n) is 11.4. The fourth-order valence-corrected chi connectivity index (χ4v) is 3.93. The Morgan fingerprint density at radius 2 is 1.58 bits per heavy atom. The van der Waals surface area contributed by atoms with Crippen molar-refractivity contribution < 1.29 is 28.5 Å². The summed E-state index contributed by atoms with van der Waals surface area (Å²) in [6, 6.07) is 18.5. The van der Waals surface area contributed by atoms with E-state index in [2.05, 4.69) is 5.32 Å². The van der Waals surface area contributed by atoms with Gasteiger partial charge in [0.1, 0.15) is 23.9 Å². The van der Waals surface area contributed by atoms with Crippen LogP contribution in [0.2, 0.25) is 0 Å². The highest BCUT2D eigenvalue weighted by Crippen LogP contribution is 2.38. The molecule has 1 heterocycles. The quantitative estimate of drug-likeness (QED) is 0.338. The van der Waals surface area contributed by atoms with Crippen molar-refractivity contribution in [3.05, 3.63) is 72.1 Å². The van der Waals surface area contributed by atoms with Gasteiger partial charge in [-0.3, -0.25) is 4.79 Å². The molecule has 0 aliphatic rings. The van der Waals surface area contributed by atoms with Crippen LogP contribution < -0.4 is 29.0 Å². The van der Waals surface area contributed by atoms with Gasteiger partial charge in [0, 0.05) is 11.6 Å². The molecule has 0 aliphatic carbocycles. The molecule has 36 heavy (non-hydrogen) atoms. The Balaban J connectivity index is 1.51. The number of benzene rings is 3. The Kier molecular flexibility index (Phi) is 7.79. The van der Waals surface area contributed by atoms with Gasteiger partial charge in [0.05, 0.1) is 52.6 Å². The highest BCUT2D eigenvalue weighted by molar-refractivity contribution is 5.95. The first-order chi connectivity index (χ1) is 17.6. The van der Waals surface area contributed by atoms with Gasteiger partial charge in [0.15, 0.2) is 11.5 Å². The number of rotatable bonds is 11. The number of carbonyl (C=O) groups excluding carboxylic acids is 1. The van der Waals surface area contributed by atoms with Gasteiger partial charge >= 0.3 is 0 Å². The maximum Gasteiger partial charge on any atom is 0.251 e. The van der Waals surface area contributed by atoms with Crippen molar-refractivity contribution in [3.8, 4) is 28.7 Å². The zero-order valence-electron chi connectivity index (χ0n) is 20.7. The first-order valence-corrected chi connectivity index (χ1v) is 11.4. The molecule has 0 spiro atoms. The number of fused-ring (bicyclic) bond motifs is 1. The Morgan fingerprint density at radius 3 is 2.28 bits per heavy atom. The number of carbonyl (C=O) groups is 1. The summed E-state index contributed by atoms with van der Waals surface area (Å²) in [6.07, 6.45) is 0.